The van der Waals surface area contributed by atoms with Crippen molar-refractivity contribution in [1.29, 1.82) is 0 Å². The number of carbonyl (C=O) groups excluding carboxylic acids is 1. The number of fused-ring (bicyclic) bond motifs is 1. The van der Waals surface area contributed by atoms with Gasteiger partial charge >= 0.3 is 0 Å². The molecule has 166 valence electrons. The van der Waals surface area contributed by atoms with Crippen LogP contribution in [0.3, 0.4) is 0 Å². The molecule has 0 spiro atoms. The van der Waals surface area contributed by atoms with E-state index in [0.717, 1.165) is 33.9 Å². The van der Waals surface area contributed by atoms with Crippen molar-refractivity contribution in [3.05, 3.63) is 53.1 Å². The van der Waals surface area contributed by atoms with E-state index in [1.807, 2.05) is 44.2 Å². The second-order valence-electron chi connectivity index (χ2n) is 7.95. The number of nitrogens with one attached hydrogen (secondary N) is 1. The van der Waals surface area contributed by atoms with Crippen LogP contribution >= 0.6 is 11.8 Å². The highest BCUT2D eigenvalue weighted by Crippen LogP contribution is 2.36. The van der Waals surface area contributed by atoms with E-state index in [9.17, 15) is 13.2 Å². The van der Waals surface area contributed by atoms with Crippen molar-refractivity contribution in [3.8, 4) is 11.5 Å². The van der Waals surface area contributed by atoms with Crippen LogP contribution < -0.4 is 14.8 Å². The molecule has 1 amide bonds. The number of rotatable bonds is 7. The summed E-state index contributed by atoms with van der Waals surface area (Å²) in [5.41, 5.74) is 2.55. The second kappa shape index (κ2) is 9.12. The first-order chi connectivity index (χ1) is 14.8. The minimum Gasteiger partial charge on any atom is -0.494 e. The molecule has 0 unspecified atom stereocenters. The van der Waals surface area contributed by atoms with Gasteiger partial charge in [-0.1, -0.05) is 12.1 Å². The van der Waals surface area contributed by atoms with Gasteiger partial charge < -0.3 is 14.8 Å². The van der Waals surface area contributed by atoms with E-state index in [2.05, 4.69) is 5.32 Å². The van der Waals surface area contributed by atoms with Gasteiger partial charge in [0.2, 0.25) is 0 Å². The van der Waals surface area contributed by atoms with Crippen LogP contribution in [0.5, 0.6) is 11.5 Å². The van der Waals surface area contributed by atoms with Crippen LogP contribution in [0, 0.1) is 0 Å². The largest absolute Gasteiger partial charge is 0.494 e. The van der Waals surface area contributed by atoms with E-state index in [4.69, 9.17) is 9.47 Å². The summed E-state index contributed by atoms with van der Waals surface area (Å²) in [4.78, 5) is 13.8. The Labute approximate surface area is 187 Å². The molecule has 0 saturated carbocycles. The minimum atomic E-state index is -2.96. The number of ether oxygens (including phenoxy) is 2. The molecule has 4 rings (SSSR count). The van der Waals surface area contributed by atoms with Gasteiger partial charge in [-0.2, -0.15) is 0 Å². The molecular formula is C23H27NO5S2. The maximum Gasteiger partial charge on any atom is 0.252 e. The Morgan fingerprint density at radius 1 is 1.29 bits per heavy atom. The molecule has 1 fully saturated rings. The highest BCUT2D eigenvalue weighted by Gasteiger charge is 2.29. The zero-order valence-corrected chi connectivity index (χ0v) is 19.4. The molecule has 0 aromatic heterocycles. The third kappa shape index (κ3) is 5.18. The maximum absolute atomic E-state index is 13.0. The van der Waals surface area contributed by atoms with Gasteiger partial charge in [0.1, 0.15) is 17.6 Å². The molecule has 1 saturated heterocycles. The smallest absolute Gasteiger partial charge is 0.252 e. The van der Waals surface area contributed by atoms with Gasteiger partial charge in [-0.15, -0.1) is 11.8 Å². The Morgan fingerprint density at radius 3 is 2.84 bits per heavy atom. The first-order valence-corrected chi connectivity index (χ1v) is 13.2. The summed E-state index contributed by atoms with van der Waals surface area (Å²) in [5.74, 6) is 1.80. The summed E-state index contributed by atoms with van der Waals surface area (Å²) in [6.07, 6.45) is 1.61. The van der Waals surface area contributed by atoms with Crippen LogP contribution in [0.4, 0.5) is 0 Å². The fourth-order valence-electron chi connectivity index (χ4n) is 3.97. The third-order valence-corrected chi connectivity index (χ3v) is 8.76. The average Bonchev–Trinajstić information content (AvgIpc) is 3.26. The molecule has 8 heteroatoms. The predicted octanol–water partition coefficient (Wildman–Crippen LogP) is 3.62. The van der Waals surface area contributed by atoms with Crippen molar-refractivity contribution in [1.82, 2.24) is 5.32 Å². The van der Waals surface area contributed by atoms with Crippen LogP contribution in [0.15, 0.2) is 41.3 Å². The number of carbonyl (C=O) groups is 1. The van der Waals surface area contributed by atoms with Gasteiger partial charge in [0, 0.05) is 34.2 Å². The predicted molar refractivity (Wildman–Crippen MR) is 122 cm³/mol. The molecule has 0 aliphatic carbocycles. The van der Waals surface area contributed by atoms with Crippen molar-refractivity contribution in [3.63, 3.8) is 0 Å². The molecule has 2 aromatic rings. The molecule has 2 aliphatic heterocycles. The van der Waals surface area contributed by atoms with E-state index in [1.165, 1.54) is 11.8 Å². The Bertz CT molecular complexity index is 1080. The number of thioether (sulfide) groups is 1. The number of hydrogen-bond acceptors (Lipinski definition) is 6. The van der Waals surface area contributed by atoms with Crippen molar-refractivity contribution in [2.24, 2.45) is 0 Å². The quantitative estimate of drug-likeness (QED) is 0.678. The lowest BCUT2D eigenvalue weighted by atomic mass is 10.1. The van der Waals surface area contributed by atoms with E-state index in [1.54, 1.807) is 6.07 Å². The van der Waals surface area contributed by atoms with Crippen LogP contribution in [0.1, 0.15) is 41.8 Å². The molecule has 2 aromatic carbocycles. The second-order valence-corrected chi connectivity index (χ2v) is 11.5. The first kappa shape index (κ1) is 22.0. The molecule has 0 bridgehead atoms. The summed E-state index contributed by atoms with van der Waals surface area (Å²) < 4.78 is 35.2. The SMILES string of the molecule is CCOc1cc2c(cc1CNC(=O)c1ccccc1S[C@H]1CCS(=O)(=O)C1)O[C@H](C)C2. The molecule has 6 nitrogen and oxygen atoms in total. The number of hydrogen-bond donors (Lipinski definition) is 1. The standard InChI is InChI=1S/C23H27NO5S2/c1-3-28-20-11-16-10-15(2)29-21(16)12-17(20)13-24-23(25)19-6-4-5-7-22(19)30-18-8-9-31(26,27)14-18/h4-7,11-12,15,18H,3,8-10,13-14H2,1-2H3,(H,24,25)/t15-,18+/m1/s1. The lowest BCUT2D eigenvalue weighted by Crippen LogP contribution is -2.24. The zero-order chi connectivity index (χ0) is 22.0. The van der Waals surface area contributed by atoms with Crippen molar-refractivity contribution >= 4 is 27.5 Å². The Balaban J connectivity index is 1.48. The van der Waals surface area contributed by atoms with Crippen LogP contribution in [0.25, 0.3) is 0 Å². The summed E-state index contributed by atoms with van der Waals surface area (Å²) in [5, 5.41) is 2.98. The molecule has 2 aliphatic rings. The first-order valence-electron chi connectivity index (χ1n) is 10.5. The van der Waals surface area contributed by atoms with Gasteiger partial charge in [-0.05, 0) is 44.5 Å². The molecule has 1 N–H and O–H groups in total. The summed E-state index contributed by atoms with van der Waals surface area (Å²) >= 11 is 1.47. The monoisotopic (exact) mass is 461 g/mol. The highest BCUT2D eigenvalue weighted by atomic mass is 32.2. The molecule has 2 atom stereocenters. The fraction of sp³-hybridized carbons (Fsp3) is 0.435. The van der Waals surface area contributed by atoms with Crippen molar-refractivity contribution in [2.75, 3.05) is 18.1 Å². The summed E-state index contributed by atoms with van der Waals surface area (Å²) in [6.45, 7) is 4.83. The molecule has 2 heterocycles. The molecule has 0 radical (unpaired) electrons. The van der Waals surface area contributed by atoms with Gasteiger partial charge in [0.15, 0.2) is 9.84 Å². The Hall–Kier alpha value is -2.19. The van der Waals surface area contributed by atoms with Crippen molar-refractivity contribution in [2.45, 2.75) is 49.5 Å². The highest BCUT2D eigenvalue weighted by molar-refractivity contribution is 8.02. The average molecular weight is 462 g/mol. The Morgan fingerprint density at radius 2 is 2.10 bits per heavy atom. The number of benzene rings is 2. The van der Waals surface area contributed by atoms with Gasteiger partial charge in [-0.3, -0.25) is 4.79 Å². The zero-order valence-electron chi connectivity index (χ0n) is 17.7. The fourth-order valence-corrected chi connectivity index (χ4v) is 7.60. The summed E-state index contributed by atoms with van der Waals surface area (Å²) in [7, 11) is -2.96. The van der Waals surface area contributed by atoms with Crippen LogP contribution in [-0.2, 0) is 22.8 Å². The van der Waals surface area contributed by atoms with Crippen LogP contribution in [-0.4, -0.2) is 43.8 Å². The van der Waals surface area contributed by atoms with E-state index in [-0.39, 0.29) is 28.8 Å². The number of sulfone groups is 1. The third-order valence-electron chi connectivity index (χ3n) is 5.43. The molecule has 31 heavy (non-hydrogen) atoms. The van der Waals surface area contributed by atoms with Gasteiger partial charge in [0.25, 0.3) is 5.91 Å². The minimum absolute atomic E-state index is 0.0145. The van der Waals surface area contributed by atoms with Gasteiger partial charge in [-0.25, -0.2) is 8.42 Å². The topological polar surface area (TPSA) is 81.7 Å². The molecular weight excluding hydrogens is 434 g/mol. The van der Waals surface area contributed by atoms with Crippen LogP contribution in [0.2, 0.25) is 0 Å². The summed E-state index contributed by atoms with van der Waals surface area (Å²) in [6, 6.07) is 11.3. The van der Waals surface area contributed by atoms with E-state index >= 15 is 0 Å². The Kier molecular flexibility index (Phi) is 6.48. The lowest BCUT2D eigenvalue weighted by molar-refractivity contribution is 0.0947. The van der Waals surface area contributed by atoms with E-state index in [0.29, 0.717) is 25.1 Å². The lowest BCUT2D eigenvalue weighted by Gasteiger charge is -2.15. The normalized spacial score (nSPS) is 21.4. The van der Waals surface area contributed by atoms with Gasteiger partial charge in [0.05, 0.1) is 23.7 Å². The van der Waals surface area contributed by atoms with E-state index < -0.39 is 9.84 Å². The number of amides is 1. The van der Waals surface area contributed by atoms with Crippen molar-refractivity contribution < 1.29 is 22.7 Å². The maximum atomic E-state index is 13.0.